The summed E-state index contributed by atoms with van der Waals surface area (Å²) in [5, 5.41) is 0.233. The highest BCUT2D eigenvalue weighted by Gasteiger charge is 2.36. The van der Waals surface area contributed by atoms with Gasteiger partial charge in [0.1, 0.15) is 5.25 Å². The zero-order chi connectivity index (χ0) is 15.7. The van der Waals surface area contributed by atoms with E-state index in [2.05, 4.69) is 15.9 Å². The van der Waals surface area contributed by atoms with Crippen LogP contribution in [-0.4, -0.2) is 17.6 Å². The van der Waals surface area contributed by atoms with E-state index in [-0.39, 0.29) is 17.6 Å². The van der Waals surface area contributed by atoms with Crippen molar-refractivity contribution in [2.75, 3.05) is 10.7 Å². The molecule has 0 saturated carbocycles. The average molecular weight is 397 g/mol. The van der Waals surface area contributed by atoms with E-state index >= 15 is 0 Å². The van der Waals surface area contributed by atoms with Crippen LogP contribution in [0.2, 0.25) is 5.02 Å². The molecule has 1 aliphatic heterocycles. The Hall–Kier alpha value is -1.30. The fourth-order valence-electron chi connectivity index (χ4n) is 2.27. The maximum absolute atomic E-state index is 12.7. The van der Waals surface area contributed by atoms with Crippen molar-refractivity contribution in [2.24, 2.45) is 0 Å². The Morgan fingerprint density at radius 2 is 1.68 bits per heavy atom. The molecule has 2 aromatic carbocycles. The van der Waals surface area contributed by atoms with Gasteiger partial charge >= 0.3 is 0 Å². The second-order valence-corrected chi connectivity index (χ2v) is 7.23. The molecule has 2 aromatic rings. The fourth-order valence-corrected chi connectivity index (χ4v) is 3.69. The summed E-state index contributed by atoms with van der Waals surface area (Å²) >= 11 is 10.6. The molecule has 0 aromatic heterocycles. The summed E-state index contributed by atoms with van der Waals surface area (Å²) in [5.74, 6) is -0.136. The number of nitrogens with zero attached hydrogens (tertiary/aromatic N) is 1. The van der Waals surface area contributed by atoms with Gasteiger partial charge < -0.3 is 0 Å². The van der Waals surface area contributed by atoms with Gasteiger partial charge in [0.25, 0.3) is 5.91 Å². The van der Waals surface area contributed by atoms with Gasteiger partial charge in [-0.1, -0.05) is 39.7 Å². The zero-order valence-electron chi connectivity index (χ0n) is 11.3. The minimum absolute atomic E-state index is 0.192. The minimum Gasteiger partial charge on any atom is -0.273 e. The first-order chi connectivity index (χ1) is 10.6. The SMILES string of the molecule is O=C1CSC(c2ccc(Cl)cc2)C(=O)N1c1ccc(Br)cc1. The van der Waals surface area contributed by atoms with Crippen LogP contribution in [-0.2, 0) is 9.59 Å². The quantitative estimate of drug-likeness (QED) is 0.704. The number of rotatable bonds is 2. The summed E-state index contributed by atoms with van der Waals surface area (Å²) in [6.45, 7) is 0. The molecule has 2 amide bonds. The molecule has 1 aliphatic rings. The second-order valence-electron chi connectivity index (χ2n) is 4.79. The molecule has 1 heterocycles. The maximum Gasteiger partial charge on any atom is 0.251 e. The van der Waals surface area contributed by atoms with Gasteiger partial charge in [-0.3, -0.25) is 9.59 Å². The number of carbonyl (C=O) groups is 2. The van der Waals surface area contributed by atoms with Crippen molar-refractivity contribution in [3.8, 4) is 0 Å². The number of anilines is 1. The molecular formula is C16H11BrClNO2S. The molecule has 112 valence electrons. The molecule has 3 rings (SSSR count). The third-order valence-corrected chi connectivity index (χ3v) is 5.33. The normalized spacial score (nSPS) is 18.6. The van der Waals surface area contributed by atoms with Gasteiger partial charge in [0.15, 0.2) is 0 Å². The fraction of sp³-hybridized carbons (Fsp3) is 0.125. The van der Waals surface area contributed by atoms with Gasteiger partial charge in [-0.2, -0.15) is 0 Å². The van der Waals surface area contributed by atoms with E-state index in [1.165, 1.54) is 16.7 Å². The smallest absolute Gasteiger partial charge is 0.251 e. The lowest BCUT2D eigenvalue weighted by Crippen LogP contribution is -2.44. The van der Waals surface area contributed by atoms with Crippen molar-refractivity contribution in [3.63, 3.8) is 0 Å². The summed E-state index contributed by atoms with van der Waals surface area (Å²) < 4.78 is 0.900. The molecule has 1 unspecified atom stereocenters. The van der Waals surface area contributed by atoms with Crippen molar-refractivity contribution in [2.45, 2.75) is 5.25 Å². The van der Waals surface area contributed by atoms with Gasteiger partial charge in [-0.25, -0.2) is 4.90 Å². The number of thioether (sulfide) groups is 1. The van der Waals surface area contributed by atoms with Crippen LogP contribution in [0.3, 0.4) is 0 Å². The Morgan fingerprint density at radius 1 is 1.05 bits per heavy atom. The van der Waals surface area contributed by atoms with E-state index in [1.807, 2.05) is 24.3 Å². The summed E-state index contributed by atoms with van der Waals surface area (Å²) in [6, 6.07) is 14.3. The van der Waals surface area contributed by atoms with Crippen LogP contribution in [0.1, 0.15) is 10.8 Å². The number of amides is 2. The van der Waals surface area contributed by atoms with Gasteiger partial charge in [-0.05, 0) is 42.0 Å². The Balaban J connectivity index is 1.93. The number of hydrogen-bond donors (Lipinski definition) is 0. The molecule has 1 fully saturated rings. The van der Waals surface area contributed by atoms with E-state index in [0.717, 1.165) is 10.0 Å². The summed E-state index contributed by atoms with van der Waals surface area (Å²) in [7, 11) is 0. The van der Waals surface area contributed by atoms with Crippen molar-refractivity contribution >= 4 is 56.8 Å². The average Bonchev–Trinajstić information content (AvgIpc) is 2.51. The molecule has 1 atom stereocenters. The van der Waals surface area contributed by atoms with Crippen LogP contribution in [0, 0.1) is 0 Å². The minimum atomic E-state index is -0.390. The molecule has 22 heavy (non-hydrogen) atoms. The number of imide groups is 1. The van der Waals surface area contributed by atoms with Crippen LogP contribution in [0.25, 0.3) is 0 Å². The zero-order valence-corrected chi connectivity index (χ0v) is 14.5. The van der Waals surface area contributed by atoms with Crippen LogP contribution in [0.15, 0.2) is 53.0 Å². The van der Waals surface area contributed by atoms with Crippen molar-refractivity contribution < 1.29 is 9.59 Å². The predicted molar refractivity (Wildman–Crippen MR) is 93.3 cm³/mol. The second kappa shape index (κ2) is 6.44. The van der Waals surface area contributed by atoms with Crippen LogP contribution in [0.4, 0.5) is 5.69 Å². The number of hydrogen-bond acceptors (Lipinski definition) is 3. The van der Waals surface area contributed by atoms with Gasteiger partial charge in [-0.15, -0.1) is 11.8 Å². The predicted octanol–water partition coefficient (Wildman–Crippen LogP) is 4.45. The molecule has 0 aliphatic carbocycles. The number of benzene rings is 2. The Bertz CT molecular complexity index is 718. The lowest BCUT2D eigenvalue weighted by molar-refractivity contribution is -0.125. The standard InChI is InChI=1S/C16H11BrClNO2S/c17-11-3-7-13(8-4-11)19-14(20)9-22-15(16(19)21)10-1-5-12(18)6-2-10/h1-8,15H,9H2. The first kappa shape index (κ1) is 15.6. The molecule has 0 bridgehead atoms. The highest BCUT2D eigenvalue weighted by Crippen LogP contribution is 2.37. The number of halogens is 2. The molecule has 1 saturated heterocycles. The van der Waals surface area contributed by atoms with E-state index in [4.69, 9.17) is 11.6 Å². The highest BCUT2D eigenvalue weighted by molar-refractivity contribution is 9.10. The van der Waals surface area contributed by atoms with E-state index in [9.17, 15) is 9.59 Å². The van der Waals surface area contributed by atoms with E-state index < -0.39 is 5.25 Å². The van der Waals surface area contributed by atoms with Crippen molar-refractivity contribution in [3.05, 3.63) is 63.6 Å². The Kier molecular flexibility index (Phi) is 4.57. The van der Waals surface area contributed by atoms with Gasteiger partial charge in [0.2, 0.25) is 5.91 Å². The lowest BCUT2D eigenvalue weighted by atomic mass is 10.1. The first-order valence-corrected chi connectivity index (χ1v) is 8.77. The maximum atomic E-state index is 12.7. The molecule has 0 radical (unpaired) electrons. The number of carbonyl (C=O) groups excluding carboxylic acids is 2. The van der Waals surface area contributed by atoms with Crippen LogP contribution in [0.5, 0.6) is 0 Å². The molecule has 0 N–H and O–H groups in total. The first-order valence-electron chi connectivity index (χ1n) is 6.56. The van der Waals surface area contributed by atoms with Gasteiger partial charge in [0.05, 0.1) is 11.4 Å². The topological polar surface area (TPSA) is 37.4 Å². The Morgan fingerprint density at radius 3 is 2.32 bits per heavy atom. The third kappa shape index (κ3) is 3.07. The van der Waals surface area contributed by atoms with Crippen molar-refractivity contribution in [1.82, 2.24) is 0 Å². The van der Waals surface area contributed by atoms with Crippen LogP contribution < -0.4 is 4.90 Å². The molecule has 0 spiro atoms. The van der Waals surface area contributed by atoms with E-state index in [0.29, 0.717) is 10.7 Å². The Labute approximate surface area is 145 Å². The van der Waals surface area contributed by atoms with Gasteiger partial charge in [0, 0.05) is 9.50 Å². The third-order valence-electron chi connectivity index (χ3n) is 3.33. The highest BCUT2D eigenvalue weighted by atomic mass is 79.9. The summed E-state index contributed by atoms with van der Waals surface area (Å²) in [5.41, 5.74) is 1.45. The summed E-state index contributed by atoms with van der Waals surface area (Å²) in [6.07, 6.45) is 0. The monoisotopic (exact) mass is 395 g/mol. The lowest BCUT2D eigenvalue weighted by Gasteiger charge is -2.30. The van der Waals surface area contributed by atoms with Crippen molar-refractivity contribution in [1.29, 1.82) is 0 Å². The molecular weight excluding hydrogens is 386 g/mol. The van der Waals surface area contributed by atoms with Crippen LogP contribution >= 0.6 is 39.3 Å². The molecule has 6 heteroatoms. The summed E-state index contributed by atoms with van der Waals surface area (Å²) in [4.78, 5) is 26.2. The van der Waals surface area contributed by atoms with E-state index in [1.54, 1.807) is 24.3 Å². The largest absolute Gasteiger partial charge is 0.273 e. The molecule has 3 nitrogen and oxygen atoms in total.